The van der Waals surface area contributed by atoms with Crippen LogP contribution in [0.4, 0.5) is 4.39 Å². The van der Waals surface area contributed by atoms with Crippen molar-refractivity contribution in [3.8, 4) is 0 Å². The number of nitrogens with one attached hydrogen (secondary N) is 1. The first-order chi connectivity index (χ1) is 9.26. The lowest BCUT2D eigenvalue weighted by Gasteiger charge is -2.25. The molecule has 0 saturated carbocycles. The van der Waals surface area contributed by atoms with E-state index in [9.17, 15) is 14.3 Å². The molecule has 1 aromatic carbocycles. The summed E-state index contributed by atoms with van der Waals surface area (Å²) in [6.07, 6.45) is 0.444. The minimum Gasteiger partial charge on any atom is -0.388 e. The highest BCUT2D eigenvalue weighted by molar-refractivity contribution is 5.81. The lowest BCUT2D eigenvalue weighted by Crippen LogP contribution is -2.42. The van der Waals surface area contributed by atoms with Crippen molar-refractivity contribution < 1.29 is 14.3 Å². The van der Waals surface area contributed by atoms with Crippen molar-refractivity contribution in [2.45, 2.75) is 52.7 Å². The topological polar surface area (TPSA) is 49.3 Å². The molecule has 0 spiro atoms. The number of halogens is 1. The van der Waals surface area contributed by atoms with Gasteiger partial charge in [0.1, 0.15) is 5.82 Å². The Labute approximate surface area is 120 Å². The number of benzene rings is 1. The molecule has 0 radical (unpaired) electrons. The Kier molecular flexibility index (Phi) is 5.69. The van der Waals surface area contributed by atoms with E-state index in [4.69, 9.17) is 0 Å². The average molecular weight is 281 g/mol. The molecule has 2 unspecified atom stereocenters. The van der Waals surface area contributed by atoms with E-state index in [-0.39, 0.29) is 17.8 Å². The fourth-order valence-electron chi connectivity index (χ4n) is 1.79. The number of carbonyl (C=O) groups is 1. The number of carbonyl (C=O) groups excluding carboxylic acids is 1. The van der Waals surface area contributed by atoms with E-state index in [1.165, 1.54) is 12.1 Å². The molecule has 112 valence electrons. The monoisotopic (exact) mass is 281 g/mol. The molecule has 0 heterocycles. The molecule has 4 heteroatoms. The first-order valence-corrected chi connectivity index (χ1v) is 7.00. The zero-order valence-electron chi connectivity index (χ0n) is 12.6. The number of amides is 1. The van der Waals surface area contributed by atoms with E-state index in [0.717, 1.165) is 6.42 Å². The summed E-state index contributed by atoms with van der Waals surface area (Å²) >= 11 is 0. The molecule has 0 aliphatic rings. The third-order valence-electron chi connectivity index (χ3n) is 3.71. The fraction of sp³-hybridized carbons (Fsp3) is 0.562. The van der Waals surface area contributed by atoms with Gasteiger partial charge in [0.25, 0.3) is 0 Å². The lowest BCUT2D eigenvalue weighted by molar-refractivity contribution is -0.130. The number of rotatable bonds is 6. The van der Waals surface area contributed by atoms with Gasteiger partial charge in [-0.1, -0.05) is 32.9 Å². The van der Waals surface area contributed by atoms with Crippen LogP contribution in [0.1, 0.15) is 52.2 Å². The van der Waals surface area contributed by atoms with E-state index >= 15 is 0 Å². The Morgan fingerprint density at radius 3 is 2.40 bits per heavy atom. The molecule has 0 fully saturated rings. The summed E-state index contributed by atoms with van der Waals surface area (Å²) in [7, 11) is 0. The highest BCUT2D eigenvalue weighted by Gasteiger charge is 2.26. The summed E-state index contributed by atoms with van der Waals surface area (Å²) in [5.74, 6) is -0.342. The minimum absolute atomic E-state index is 0.0150. The quantitative estimate of drug-likeness (QED) is 0.841. The molecule has 0 saturated heterocycles. The molecule has 0 aromatic heterocycles. The third-order valence-corrected chi connectivity index (χ3v) is 3.71. The number of aliphatic hydroxyl groups is 1. The molecule has 1 rings (SSSR count). The van der Waals surface area contributed by atoms with Crippen molar-refractivity contribution >= 4 is 5.91 Å². The zero-order valence-corrected chi connectivity index (χ0v) is 12.6. The molecule has 0 aliphatic carbocycles. The van der Waals surface area contributed by atoms with Gasteiger partial charge in [-0.3, -0.25) is 4.79 Å². The van der Waals surface area contributed by atoms with E-state index in [1.807, 2.05) is 27.7 Å². The van der Waals surface area contributed by atoms with Crippen LogP contribution in [0.15, 0.2) is 24.3 Å². The predicted octanol–water partition coefficient (Wildman–Crippen LogP) is 3.19. The Morgan fingerprint density at radius 2 is 1.90 bits per heavy atom. The van der Waals surface area contributed by atoms with Crippen LogP contribution in [0.25, 0.3) is 0 Å². The summed E-state index contributed by atoms with van der Waals surface area (Å²) in [4.78, 5) is 12.0. The summed E-state index contributed by atoms with van der Waals surface area (Å²) in [6, 6.07) is 5.62. The summed E-state index contributed by atoms with van der Waals surface area (Å²) in [5.41, 5.74) is 0.247. The summed E-state index contributed by atoms with van der Waals surface area (Å²) in [6.45, 7) is 7.62. The van der Waals surface area contributed by atoms with Crippen LogP contribution in [-0.2, 0) is 4.79 Å². The van der Waals surface area contributed by atoms with Crippen LogP contribution in [0.2, 0.25) is 0 Å². The maximum Gasteiger partial charge on any atom is 0.225 e. The molecule has 0 bridgehead atoms. The number of aliphatic hydroxyl groups excluding tert-OH is 1. The number of hydrogen-bond acceptors (Lipinski definition) is 2. The second-order valence-electron chi connectivity index (χ2n) is 5.91. The molecule has 20 heavy (non-hydrogen) atoms. The van der Waals surface area contributed by atoms with Crippen molar-refractivity contribution in [2.24, 2.45) is 5.41 Å². The Morgan fingerprint density at radius 1 is 1.35 bits per heavy atom. The molecular formula is C16H24FNO2. The van der Waals surface area contributed by atoms with Crippen LogP contribution < -0.4 is 5.32 Å². The first-order valence-electron chi connectivity index (χ1n) is 7.00. The molecule has 2 N–H and O–H groups in total. The van der Waals surface area contributed by atoms with Gasteiger partial charge in [0, 0.05) is 11.5 Å². The van der Waals surface area contributed by atoms with Crippen molar-refractivity contribution in [1.82, 2.24) is 5.32 Å². The van der Waals surface area contributed by atoms with E-state index in [1.54, 1.807) is 12.1 Å². The van der Waals surface area contributed by atoms with Gasteiger partial charge in [0.15, 0.2) is 0 Å². The summed E-state index contributed by atoms with van der Waals surface area (Å²) in [5, 5.41) is 13.0. The number of hydrogen-bond donors (Lipinski definition) is 2. The zero-order chi connectivity index (χ0) is 15.3. The smallest absolute Gasteiger partial charge is 0.225 e. The van der Waals surface area contributed by atoms with Gasteiger partial charge in [-0.15, -0.1) is 0 Å². The minimum atomic E-state index is -0.712. The molecule has 1 amide bonds. The Balaban J connectivity index is 2.56. The highest BCUT2D eigenvalue weighted by Crippen LogP contribution is 2.22. The van der Waals surface area contributed by atoms with Crippen molar-refractivity contribution in [1.29, 1.82) is 0 Å². The maximum absolute atomic E-state index is 12.8. The largest absolute Gasteiger partial charge is 0.388 e. The predicted molar refractivity (Wildman–Crippen MR) is 77.7 cm³/mol. The average Bonchev–Trinajstić information content (AvgIpc) is 2.39. The van der Waals surface area contributed by atoms with Crippen LogP contribution >= 0.6 is 0 Å². The molecule has 3 nitrogen and oxygen atoms in total. The SMILES string of the molecule is CCC(C)(C)C(=O)NC(C)CC(O)c1ccc(F)cc1. The standard InChI is InChI=1S/C16H24FNO2/c1-5-16(3,4)15(20)18-11(2)10-14(19)12-6-8-13(17)9-7-12/h6-9,11,14,19H,5,10H2,1-4H3,(H,18,20). The van der Waals surface area contributed by atoms with Gasteiger partial charge in [-0.2, -0.15) is 0 Å². The van der Waals surface area contributed by atoms with Crippen molar-refractivity contribution in [2.75, 3.05) is 0 Å². The van der Waals surface area contributed by atoms with E-state index < -0.39 is 11.5 Å². The summed E-state index contributed by atoms with van der Waals surface area (Å²) < 4.78 is 12.8. The van der Waals surface area contributed by atoms with Gasteiger partial charge in [0.2, 0.25) is 5.91 Å². The second-order valence-corrected chi connectivity index (χ2v) is 5.91. The van der Waals surface area contributed by atoms with Crippen molar-refractivity contribution in [3.05, 3.63) is 35.6 Å². The highest BCUT2D eigenvalue weighted by atomic mass is 19.1. The second kappa shape index (κ2) is 6.84. The Hall–Kier alpha value is -1.42. The van der Waals surface area contributed by atoms with Gasteiger partial charge in [-0.25, -0.2) is 4.39 Å². The van der Waals surface area contributed by atoms with Crippen molar-refractivity contribution in [3.63, 3.8) is 0 Å². The van der Waals surface area contributed by atoms with Gasteiger partial charge >= 0.3 is 0 Å². The van der Waals surface area contributed by atoms with E-state index in [2.05, 4.69) is 5.32 Å². The molecule has 2 atom stereocenters. The third kappa shape index (κ3) is 4.60. The normalized spacial score (nSPS) is 14.7. The van der Waals surface area contributed by atoms with Gasteiger partial charge < -0.3 is 10.4 Å². The van der Waals surface area contributed by atoms with Crippen LogP contribution in [0.3, 0.4) is 0 Å². The molecule has 1 aromatic rings. The van der Waals surface area contributed by atoms with E-state index in [0.29, 0.717) is 12.0 Å². The molecule has 0 aliphatic heterocycles. The van der Waals surface area contributed by atoms with Crippen LogP contribution in [0.5, 0.6) is 0 Å². The molecular weight excluding hydrogens is 257 g/mol. The van der Waals surface area contributed by atoms with Gasteiger partial charge in [-0.05, 0) is 37.5 Å². The van der Waals surface area contributed by atoms with Crippen LogP contribution in [-0.4, -0.2) is 17.1 Å². The van der Waals surface area contributed by atoms with Crippen LogP contribution in [0, 0.1) is 11.2 Å². The first kappa shape index (κ1) is 16.6. The van der Waals surface area contributed by atoms with Gasteiger partial charge in [0.05, 0.1) is 6.10 Å². The lowest BCUT2D eigenvalue weighted by atomic mass is 9.88. The Bertz CT molecular complexity index is 442. The fourth-order valence-corrected chi connectivity index (χ4v) is 1.79. The maximum atomic E-state index is 12.8.